The molecule has 0 saturated carbocycles. The second kappa shape index (κ2) is 37.7. The van der Waals surface area contributed by atoms with E-state index in [0.717, 1.165) is 25.7 Å². The van der Waals surface area contributed by atoms with E-state index in [1.165, 1.54) is 154 Å². The monoisotopic (exact) mass is 567 g/mol. The lowest BCUT2D eigenvalue weighted by molar-refractivity contribution is -0.138. The van der Waals surface area contributed by atoms with Gasteiger partial charge in [-0.2, -0.15) is 0 Å². The molecule has 0 aromatic rings. The third kappa shape index (κ3) is 43.7. The second-order valence-corrected chi connectivity index (χ2v) is 11.8. The standard InChI is InChI=1S/C22H42O2.C14H28O2/c1-2-3-4-5-6-7-8-9-10-11-12-13-14-15-16-17-18-19-20-21-22(23)24;1-2-3-4-5-6-7-8-9-10-11-12-13-14(15)16/h9-10H,2-8,11-21H2,1H3,(H,23,24);2-13H2,1H3,(H,15,16)/b10-9-;. The number of carboxylic acid groups (broad SMARTS) is 2. The molecule has 0 aliphatic heterocycles. The van der Waals surface area contributed by atoms with Crippen LogP contribution >= 0.6 is 0 Å². The van der Waals surface area contributed by atoms with Gasteiger partial charge < -0.3 is 10.2 Å². The summed E-state index contributed by atoms with van der Waals surface area (Å²) >= 11 is 0. The second-order valence-electron chi connectivity index (χ2n) is 11.8. The highest BCUT2D eigenvalue weighted by Gasteiger charge is 1.98. The van der Waals surface area contributed by atoms with E-state index in [2.05, 4.69) is 26.0 Å². The smallest absolute Gasteiger partial charge is 0.303 e. The molecule has 238 valence electrons. The highest BCUT2D eigenvalue weighted by atomic mass is 16.4. The van der Waals surface area contributed by atoms with Crippen LogP contribution in [0.5, 0.6) is 0 Å². The summed E-state index contributed by atoms with van der Waals surface area (Å²) in [5, 5.41) is 17.0. The molecule has 40 heavy (non-hydrogen) atoms. The largest absolute Gasteiger partial charge is 0.481 e. The zero-order chi connectivity index (χ0) is 29.8. The highest BCUT2D eigenvalue weighted by molar-refractivity contribution is 5.66. The van der Waals surface area contributed by atoms with Crippen molar-refractivity contribution in [2.45, 2.75) is 206 Å². The summed E-state index contributed by atoms with van der Waals surface area (Å²) in [4.78, 5) is 20.6. The van der Waals surface area contributed by atoms with Crippen molar-refractivity contribution in [3.63, 3.8) is 0 Å². The van der Waals surface area contributed by atoms with Crippen LogP contribution < -0.4 is 0 Å². The molecule has 2 N–H and O–H groups in total. The lowest BCUT2D eigenvalue weighted by Gasteiger charge is -2.01. The minimum atomic E-state index is -0.657. The molecular formula is C36H70O4. The predicted octanol–water partition coefficient (Wildman–Crippen LogP) is 12.4. The summed E-state index contributed by atoms with van der Waals surface area (Å²) in [5.41, 5.74) is 0. The van der Waals surface area contributed by atoms with Crippen molar-refractivity contribution in [3.8, 4) is 0 Å². The first-order valence-electron chi connectivity index (χ1n) is 17.6. The zero-order valence-electron chi connectivity index (χ0n) is 27.1. The first-order chi connectivity index (χ1) is 19.5. The molecule has 0 saturated heterocycles. The van der Waals surface area contributed by atoms with Gasteiger partial charge in [0.05, 0.1) is 0 Å². The van der Waals surface area contributed by atoms with E-state index in [9.17, 15) is 9.59 Å². The van der Waals surface area contributed by atoms with Gasteiger partial charge in [-0.05, 0) is 38.5 Å². The maximum absolute atomic E-state index is 10.4. The van der Waals surface area contributed by atoms with Crippen molar-refractivity contribution in [3.05, 3.63) is 12.2 Å². The third-order valence-electron chi connectivity index (χ3n) is 7.65. The fraction of sp³-hybridized carbons (Fsp3) is 0.889. The number of hydrogen-bond acceptors (Lipinski definition) is 2. The van der Waals surface area contributed by atoms with Gasteiger partial charge in [-0.15, -0.1) is 0 Å². The molecular weight excluding hydrogens is 496 g/mol. The molecule has 0 radical (unpaired) electrons. The zero-order valence-corrected chi connectivity index (χ0v) is 27.1. The van der Waals surface area contributed by atoms with Gasteiger partial charge in [0.15, 0.2) is 0 Å². The number of hydrogen-bond donors (Lipinski definition) is 2. The molecule has 0 amide bonds. The van der Waals surface area contributed by atoms with Crippen molar-refractivity contribution >= 4 is 11.9 Å². The minimum absolute atomic E-state index is 0.340. The average Bonchev–Trinajstić information content (AvgIpc) is 2.93. The Labute approximate surface area is 250 Å². The van der Waals surface area contributed by atoms with Gasteiger partial charge in [-0.25, -0.2) is 0 Å². The minimum Gasteiger partial charge on any atom is -0.481 e. The Kier molecular flexibility index (Phi) is 38.5. The molecule has 4 nitrogen and oxygen atoms in total. The summed E-state index contributed by atoms with van der Waals surface area (Å²) in [5.74, 6) is -1.31. The molecule has 0 rings (SSSR count). The fourth-order valence-corrected chi connectivity index (χ4v) is 4.99. The number of rotatable bonds is 31. The summed E-state index contributed by atoms with van der Waals surface area (Å²) in [6.45, 7) is 4.52. The predicted molar refractivity (Wildman–Crippen MR) is 174 cm³/mol. The SMILES string of the molecule is CCCCCCCC/C=C\CCCCCCCCCCCC(=O)O.CCCCCCCCCCCCCC(=O)O. The Morgan fingerprint density at radius 2 is 0.600 bits per heavy atom. The molecule has 4 heteroatoms. The highest BCUT2D eigenvalue weighted by Crippen LogP contribution is 2.13. The van der Waals surface area contributed by atoms with Crippen LogP contribution in [0.1, 0.15) is 206 Å². The molecule has 0 aliphatic rings. The van der Waals surface area contributed by atoms with Crippen LogP contribution in [-0.2, 0) is 9.59 Å². The van der Waals surface area contributed by atoms with Crippen LogP contribution in [-0.4, -0.2) is 22.2 Å². The molecule has 0 aromatic carbocycles. The fourth-order valence-electron chi connectivity index (χ4n) is 4.99. The molecule has 0 bridgehead atoms. The van der Waals surface area contributed by atoms with E-state index in [1.54, 1.807) is 0 Å². The van der Waals surface area contributed by atoms with Gasteiger partial charge >= 0.3 is 11.9 Å². The first-order valence-corrected chi connectivity index (χ1v) is 17.6. The maximum Gasteiger partial charge on any atom is 0.303 e. The van der Waals surface area contributed by atoms with Crippen molar-refractivity contribution in [1.82, 2.24) is 0 Å². The van der Waals surface area contributed by atoms with Gasteiger partial charge in [0, 0.05) is 12.8 Å². The summed E-state index contributed by atoms with van der Waals surface area (Å²) in [7, 11) is 0. The van der Waals surface area contributed by atoms with E-state index in [4.69, 9.17) is 10.2 Å². The Bertz CT molecular complexity index is 529. The van der Waals surface area contributed by atoms with Crippen molar-refractivity contribution in [2.24, 2.45) is 0 Å². The molecule has 0 fully saturated rings. The van der Waals surface area contributed by atoms with E-state index < -0.39 is 11.9 Å². The van der Waals surface area contributed by atoms with Gasteiger partial charge in [-0.3, -0.25) is 9.59 Å². The van der Waals surface area contributed by atoms with E-state index in [0.29, 0.717) is 12.8 Å². The van der Waals surface area contributed by atoms with Crippen molar-refractivity contribution in [1.29, 1.82) is 0 Å². The van der Waals surface area contributed by atoms with Gasteiger partial charge in [0.25, 0.3) is 0 Å². The van der Waals surface area contributed by atoms with Crippen molar-refractivity contribution in [2.75, 3.05) is 0 Å². The number of carboxylic acids is 2. The molecule has 0 unspecified atom stereocenters. The number of unbranched alkanes of at least 4 members (excludes halogenated alkanes) is 25. The van der Waals surface area contributed by atoms with E-state index >= 15 is 0 Å². The van der Waals surface area contributed by atoms with Crippen LogP contribution in [0.2, 0.25) is 0 Å². The number of allylic oxidation sites excluding steroid dienone is 2. The Hall–Kier alpha value is -1.32. The van der Waals surface area contributed by atoms with Crippen LogP contribution in [0, 0.1) is 0 Å². The van der Waals surface area contributed by atoms with E-state index in [1.807, 2.05) is 0 Å². The van der Waals surface area contributed by atoms with Gasteiger partial charge in [0.2, 0.25) is 0 Å². The van der Waals surface area contributed by atoms with Gasteiger partial charge in [-0.1, -0.05) is 167 Å². The number of aliphatic carboxylic acids is 2. The van der Waals surface area contributed by atoms with Crippen LogP contribution in [0.4, 0.5) is 0 Å². The Morgan fingerprint density at radius 1 is 0.375 bits per heavy atom. The Balaban J connectivity index is 0. The normalized spacial score (nSPS) is 11.1. The maximum atomic E-state index is 10.4. The topological polar surface area (TPSA) is 74.6 Å². The molecule has 0 aliphatic carbocycles. The van der Waals surface area contributed by atoms with Crippen LogP contribution in [0.15, 0.2) is 12.2 Å². The number of carbonyl (C=O) groups is 2. The summed E-state index contributed by atoms with van der Waals surface area (Å²) < 4.78 is 0. The average molecular weight is 567 g/mol. The third-order valence-corrected chi connectivity index (χ3v) is 7.65. The molecule has 0 atom stereocenters. The molecule has 0 aromatic heterocycles. The van der Waals surface area contributed by atoms with Crippen LogP contribution in [0.3, 0.4) is 0 Å². The summed E-state index contributed by atoms with van der Waals surface area (Å²) in [6.07, 6.45) is 41.5. The molecule has 0 spiro atoms. The van der Waals surface area contributed by atoms with E-state index in [-0.39, 0.29) is 0 Å². The Morgan fingerprint density at radius 3 is 0.850 bits per heavy atom. The molecule has 0 heterocycles. The van der Waals surface area contributed by atoms with Gasteiger partial charge in [0.1, 0.15) is 0 Å². The summed E-state index contributed by atoms with van der Waals surface area (Å²) in [6, 6.07) is 0. The quantitative estimate of drug-likeness (QED) is 0.0646. The first kappa shape index (κ1) is 40.8. The van der Waals surface area contributed by atoms with Crippen LogP contribution in [0.25, 0.3) is 0 Å². The lowest BCUT2D eigenvalue weighted by atomic mass is 10.1. The van der Waals surface area contributed by atoms with Crippen molar-refractivity contribution < 1.29 is 19.8 Å². The lowest BCUT2D eigenvalue weighted by Crippen LogP contribution is -1.93.